The lowest BCUT2D eigenvalue weighted by Crippen LogP contribution is -2.28. The van der Waals surface area contributed by atoms with Gasteiger partial charge in [0.05, 0.1) is 20.5 Å². The summed E-state index contributed by atoms with van der Waals surface area (Å²) in [5.74, 6) is -1.19. The van der Waals surface area contributed by atoms with Crippen molar-refractivity contribution in [1.82, 2.24) is 4.57 Å². The smallest absolute Gasteiger partial charge is 0.333 e. The molecule has 5 nitrogen and oxygen atoms in total. The molecule has 15 heavy (non-hydrogen) atoms. The highest BCUT2D eigenvalue weighted by atomic mass is 32.2. The van der Waals surface area contributed by atoms with E-state index in [1.165, 1.54) is 11.8 Å². The first-order valence-electron chi connectivity index (χ1n) is 4.46. The van der Waals surface area contributed by atoms with E-state index in [-0.39, 0.29) is 6.42 Å². The molecule has 0 amide bonds. The zero-order valence-corrected chi connectivity index (χ0v) is 9.78. The van der Waals surface area contributed by atoms with Crippen LogP contribution in [0.5, 0.6) is 0 Å². The van der Waals surface area contributed by atoms with Gasteiger partial charge in [-0.15, -0.1) is 0 Å². The van der Waals surface area contributed by atoms with Gasteiger partial charge in [-0.05, 0) is 6.26 Å². The Balaban J connectivity index is 2.98. The third kappa shape index (κ3) is 2.51. The van der Waals surface area contributed by atoms with Crippen LogP contribution in [0.3, 0.4) is 0 Å². The number of aliphatic hydroxyl groups excluding tert-OH is 1. The lowest BCUT2D eigenvalue weighted by atomic mass is 10.2. The van der Waals surface area contributed by atoms with Crippen LogP contribution in [0.25, 0.3) is 0 Å². The van der Waals surface area contributed by atoms with Gasteiger partial charge in [-0.1, -0.05) is 11.8 Å². The second kappa shape index (κ2) is 4.67. The van der Waals surface area contributed by atoms with Crippen molar-refractivity contribution in [1.29, 1.82) is 0 Å². The summed E-state index contributed by atoms with van der Waals surface area (Å²) in [7, 11) is 3.73. The van der Waals surface area contributed by atoms with Gasteiger partial charge in [-0.3, -0.25) is 0 Å². The second-order valence-corrected chi connectivity index (χ2v) is 4.15. The highest BCUT2D eigenvalue weighted by molar-refractivity contribution is 7.98. The van der Waals surface area contributed by atoms with Crippen molar-refractivity contribution >= 4 is 17.7 Å². The fourth-order valence-corrected chi connectivity index (χ4v) is 2.30. The number of aliphatic hydroxyl groups is 1. The van der Waals surface area contributed by atoms with Crippen molar-refractivity contribution in [2.75, 3.05) is 6.26 Å². The summed E-state index contributed by atoms with van der Waals surface area (Å²) in [4.78, 5) is 10.5. The molecular formula is C9H15N2O3S+. The van der Waals surface area contributed by atoms with Gasteiger partial charge in [0.1, 0.15) is 0 Å². The molecule has 0 saturated carbocycles. The molecule has 1 unspecified atom stereocenters. The van der Waals surface area contributed by atoms with Crippen LogP contribution in [0, 0.1) is 0 Å². The van der Waals surface area contributed by atoms with Crippen LogP contribution >= 0.6 is 11.8 Å². The molecule has 1 aromatic heterocycles. The number of carbonyl (C=O) groups is 1. The van der Waals surface area contributed by atoms with Gasteiger partial charge in [-0.25, -0.2) is 13.9 Å². The van der Waals surface area contributed by atoms with Crippen LogP contribution in [0.1, 0.15) is 5.69 Å². The topological polar surface area (TPSA) is 66.3 Å². The Kier molecular flexibility index (Phi) is 3.76. The lowest BCUT2D eigenvalue weighted by Gasteiger charge is -2.03. The van der Waals surface area contributed by atoms with E-state index in [9.17, 15) is 9.90 Å². The summed E-state index contributed by atoms with van der Waals surface area (Å²) in [6, 6.07) is 0. The maximum atomic E-state index is 10.5. The molecule has 1 heterocycles. The Labute approximate surface area is 92.3 Å². The van der Waals surface area contributed by atoms with Gasteiger partial charge in [-0.2, -0.15) is 0 Å². The normalized spacial score (nSPS) is 12.8. The molecular weight excluding hydrogens is 216 g/mol. The number of hydrogen-bond donors (Lipinski definition) is 2. The van der Waals surface area contributed by atoms with Crippen LogP contribution in [0.2, 0.25) is 0 Å². The van der Waals surface area contributed by atoms with E-state index >= 15 is 0 Å². The number of aryl methyl sites for hydroxylation is 2. The number of thioether (sulfide) groups is 1. The summed E-state index contributed by atoms with van der Waals surface area (Å²) in [5, 5.41) is 18.9. The zero-order chi connectivity index (χ0) is 11.6. The first-order valence-corrected chi connectivity index (χ1v) is 5.68. The molecule has 0 spiro atoms. The number of imidazole rings is 1. The van der Waals surface area contributed by atoms with Crippen LogP contribution in [-0.4, -0.2) is 33.1 Å². The molecule has 0 aliphatic heterocycles. The SMILES string of the molecule is CSc1c(CC(O)C(=O)O)n(C)c[n+]1C. The van der Waals surface area contributed by atoms with E-state index in [0.717, 1.165) is 10.7 Å². The van der Waals surface area contributed by atoms with E-state index in [0.29, 0.717) is 0 Å². The fourth-order valence-electron chi connectivity index (χ4n) is 1.50. The number of carboxylic acid groups (broad SMARTS) is 1. The van der Waals surface area contributed by atoms with Crippen LogP contribution in [0.15, 0.2) is 11.4 Å². The number of rotatable bonds is 4. The van der Waals surface area contributed by atoms with Crippen molar-refractivity contribution in [3.8, 4) is 0 Å². The molecule has 1 atom stereocenters. The third-order valence-electron chi connectivity index (χ3n) is 2.20. The fraction of sp³-hybridized carbons (Fsp3) is 0.556. The second-order valence-electron chi connectivity index (χ2n) is 3.35. The van der Waals surface area contributed by atoms with Gasteiger partial charge in [0.2, 0.25) is 11.4 Å². The summed E-state index contributed by atoms with van der Waals surface area (Å²) in [6.07, 6.45) is 2.56. The van der Waals surface area contributed by atoms with Gasteiger partial charge >= 0.3 is 5.97 Å². The average Bonchev–Trinajstić information content (AvgIpc) is 2.41. The molecule has 0 radical (unpaired) electrons. The molecule has 0 aliphatic rings. The highest BCUT2D eigenvalue weighted by Gasteiger charge is 2.24. The van der Waals surface area contributed by atoms with Gasteiger partial charge in [0, 0.05) is 0 Å². The van der Waals surface area contributed by atoms with E-state index < -0.39 is 12.1 Å². The third-order valence-corrected chi connectivity index (χ3v) is 3.11. The first kappa shape index (κ1) is 12.1. The molecule has 0 bridgehead atoms. The zero-order valence-electron chi connectivity index (χ0n) is 8.97. The Morgan fingerprint density at radius 2 is 2.33 bits per heavy atom. The predicted molar refractivity (Wildman–Crippen MR) is 55.7 cm³/mol. The Hall–Kier alpha value is -1.01. The molecule has 84 valence electrons. The Morgan fingerprint density at radius 3 is 2.80 bits per heavy atom. The standard InChI is InChI=1S/C9H14N2O3S/c1-10-5-11(2)8(15-3)6(10)4-7(12)9(13)14/h5,7,12H,4H2,1-3H3/p+1. The molecule has 2 N–H and O–H groups in total. The number of aliphatic carboxylic acids is 1. The van der Waals surface area contributed by atoms with Crippen molar-refractivity contribution in [2.24, 2.45) is 14.1 Å². The number of nitrogens with zero attached hydrogens (tertiary/aromatic N) is 2. The number of hydrogen-bond acceptors (Lipinski definition) is 3. The summed E-state index contributed by atoms with van der Waals surface area (Å²) in [5.41, 5.74) is 0.833. The van der Waals surface area contributed by atoms with Crippen molar-refractivity contribution in [2.45, 2.75) is 17.6 Å². The van der Waals surface area contributed by atoms with E-state index in [1.54, 1.807) is 0 Å². The molecule has 0 aromatic carbocycles. The minimum atomic E-state index is -1.34. The molecule has 0 saturated heterocycles. The largest absolute Gasteiger partial charge is 0.479 e. The van der Waals surface area contributed by atoms with E-state index in [1.807, 2.05) is 35.8 Å². The summed E-state index contributed by atoms with van der Waals surface area (Å²) >= 11 is 1.53. The van der Waals surface area contributed by atoms with E-state index in [2.05, 4.69) is 0 Å². The van der Waals surface area contributed by atoms with Crippen LogP contribution in [-0.2, 0) is 25.3 Å². The molecule has 0 aliphatic carbocycles. The first-order chi connectivity index (χ1) is 6.97. The van der Waals surface area contributed by atoms with Gasteiger partial charge < -0.3 is 10.2 Å². The monoisotopic (exact) mass is 231 g/mol. The summed E-state index contributed by atoms with van der Waals surface area (Å²) < 4.78 is 3.74. The minimum Gasteiger partial charge on any atom is -0.479 e. The van der Waals surface area contributed by atoms with Crippen LogP contribution in [0.4, 0.5) is 0 Å². The molecule has 6 heteroatoms. The average molecular weight is 231 g/mol. The summed E-state index contributed by atoms with van der Waals surface area (Å²) in [6.45, 7) is 0. The van der Waals surface area contributed by atoms with Crippen molar-refractivity contribution in [3.05, 3.63) is 12.0 Å². The predicted octanol–water partition coefficient (Wildman–Crippen LogP) is -0.440. The Morgan fingerprint density at radius 1 is 1.73 bits per heavy atom. The van der Waals surface area contributed by atoms with Crippen molar-refractivity contribution in [3.63, 3.8) is 0 Å². The molecule has 0 fully saturated rings. The quantitative estimate of drug-likeness (QED) is 0.544. The van der Waals surface area contributed by atoms with Gasteiger partial charge in [0.15, 0.2) is 11.8 Å². The lowest BCUT2D eigenvalue weighted by molar-refractivity contribution is -0.707. The van der Waals surface area contributed by atoms with Gasteiger partial charge in [0.25, 0.3) is 0 Å². The maximum Gasteiger partial charge on any atom is 0.333 e. The number of aromatic nitrogens is 2. The minimum absolute atomic E-state index is 0.128. The Bertz CT molecular complexity index is 376. The maximum absolute atomic E-state index is 10.5. The molecule has 1 aromatic rings. The molecule has 1 rings (SSSR count). The number of carboxylic acids is 1. The van der Waals surface area contributed by atoms with E-state index in [4.69, 9.17) is 5.11 Å². The highest BCUT2D eigenvalue weighted by Crippen LogP contribution is 2.17. The van der Waals surface area contributed by atoms with Crippen LogP contribution < -0.4 is 4.57 Å². The van der Waals surface area contributed by atoms with Crippen molar-refractivity contribution < 1.29 is 19.6 Å².